The fourth-order valence-corrected chi connectivity index (χ4v) is 3.96. The Morgan fingerprint density at radius 1 is 1.03 bits per heavy atom. The Bertz CT molecular complexity index is 1040. The number of anilines is 2. The molecule has 4 rings (SSSR count). The van der Waals surface area contributed by atoms with Gasteiger partial charge in [0.05, 0.1) is 22.5 Å². The van der Waals surface area contributed by atoms with Crippen LogP contribution in [0.2, 0.25) is 5.02 Å². The predicted molar refractivity (Wildman–Crippen MR) is 122 cm³/mol. The summed E-state index contributed by atoms with van der Waals surface area (Å²) in [5.41, 5.74) is 2.04. The zero-order chi connectivity index (χ0) is 21.6. The van der Waals surface area contributed by atoms with Crippen LogP contribution in [0.4, 0.5) is 15.9 Å². The molecule has 0 unspecified atom stereocenters. The summed E-state index contributed by atoms with van der Waals surface area (Å²) in [4.78, 5) is 21.5. The molecule has 5 nitrogen and oxygen atoms in total. The van der Waals surface area contributed by atoms with Crippen LogP contribution >= 0.6 is 11.6 Å². The van der Waals surface area contributed by atoms with Crippen LogP contribution in [0, 0.1) is 5.82 Å². The molecule has 1 saturated heterocycles. The SMILES string of the molecule is O=C(Nc1ccc(N2CCCN(Cc3cccc(F)c3)CC2)nc1)c1ccccc1Cl. The van der Waals surface area contributed by atoms with Gasteiger partial charge in [0.15, 0.2) is 0 Å². The van der Waals surface area contributed by atoms with Gasteiger partial charge in [-0.05, 0) is 48.4 Å². The molecular formula is C24H24ClFN4O. The molecule has 160 valence electrons. The molecule has 0 saturated carbocycles. The second kappa shape index (κ2) is 9.90. The molecule has 0 spiro atoms. The number of pyridine rings is 1. The standard InChI is InChI=1S/C24H24ClFN4O/c25-22-8-2-1-7-21(22)24(31)28-20-9-10-23(27-16-20)30-12-4-11-29(13-14-30)17-18-5-3-6-19(26)15-18/h1-3,5-10,15-16H,4,11-14,17H2,(H,28,31). The monoisotopic (exact) mass is 438 g/mol. The summed E-state index contributed by atoms with van der Waals surface area (Å²) in [5, 5.41) is 3.25. The molecule has 1 fully saturated rings. The minimum absolute atomic E-state index is 0.195. The summed E-state index contributed by atoms with van der Waals surface area (Å²) >= 11 is 6.09. The first-order valence-electron chi connectivity index (χ1n) is 10.3. The lowest BCUT2D eigenvalue weighted by molar-refractivity contribution is 0.102. The molecule has 1 aromatic heterocycles. The van der Waals surface area contributed by atoms with E-state index in [1.54, 1.807) is 42.6 Å². The van der Waals surface area contributed by atoms with Crippen molar-refractivity contribution in [3.8, 4) is 0 Å². The van der Waals surface area contributed by atoms with Gasteiger partial charge in [0.1, 0.15) is 11.6 Å². The average molecular weight is 439 g/mol. The topological polar surface area (TPSA) is 48.5 Å². The van der Waals surface area contributed by atoms with Gasteiger partial charge in [-0.2, -0.15) is 0 Å². The summed E-state index contributed by atoms with van der Waals surface area (Å²) in [5.74, 6) is 0.422. The maximum atomic E-state index is 13.4. The highest BCUT2D eigenvalue weighted by atomic mass is 35.5. The van der Waals surface area contributed by atoms with Crippen molar-refractivity contribution in [2.45, 2.75) is 13.0 Å². The first kappa shape index (κ1) is 21.3. The molecule has 0 radical (unpaired) electrons. The van der Waals surface area contributed by atoms with E-state index >= 15 is 0 Å². The molecule has 1 aliphatic heterocycles. The Morgan fingerprint density at radius 3 is 2.68 bits per heavy atom. The van der Waals surface area contributed by atoms with E-state index in [1.807, 2.05) is 18.2 Å². The molecule has 31 heavy (non-hydrogen) atoms. The molecule has 2 heterocycles. The Balaban J connectivity index is 1.34. The molecule has 1 amide bonds. The van der Waals surface area contributed by atoms with Gasteiger partial charge in [0.25, 0.3) is 5.91 Å². The minimum Gasteiger partial charge on any atom is -0.355 e. The molecular weight excluding hydrogens is 415 g/mol. The molecule has 1 aliphatic rings. The number of hydrogen-bond acceptors (Lipinski definition) is 4. The number of hydrogen-bond donors (Lipinski definition) is 1. The van der Waals surface area contributed by atoms with Gasteiger partial charge in [-0.1, -0.05) is 35.9 Å². The van der Waals surface area contributed by atoms with Crippen molar-refractivity contribution in [2.24, 2.45) is 0 Å². The molecule has 0 bridgehead atoms. The summed E-state index contributed by atoms with van der Waals surface area (Å²) in [6, 6.07) is 17.5. The minimum atomic E-state index is -0.261. The number of rotatable bonds is 5. The quantitative estimate of drug-likeness (QED) is 0.619. The summed E-state index contributed by atoms with van der Waals surface area (Å²) in [7, 11) is 0. The van der Waals surface area contributed by atoms with Gasteiger partial charge in [0.2, 0.25) is 0 Å². The highest BCUT2D eigenvalue weighted by molar-refractivity contribution is 6.34. The smallest absolute Gasteiger partial charge is 0.257 e. The van der Waals surface area contributed by atoms with Gasteiger partial charge in [-0.25, -0.2) is 9.37 Å². The van der Waals surface area contributed by atoms with Crippen LogP contribution in [0.3, 0.4) is 0 Å². The largest absolute Gasteiger partial charge is 0.355 e. The third-order valence-corrected chi connectivity index (χ3v) is 5.66. The van der Waals surface area contributed by atoms with Crippen LogP contribution in [0.15, 0.2) is 66.9 Å². The van der Waals surface area contributed by atoms with Crippen LogP contribution in [-0.2, 0) is 6.54 Å². The number of carbonyl (C=O) groups excluding carboxylic acids is 1. The van der Waals surface area contributed by atoms with E-state index in [2.05, 4.69) is 20.1 Å². The third-order valence-electron chi connectivity index (χ3n) is 5.33. The van der Waals surface area contributed by atoms with Crippen molar-refractivity contribution >= 4 is 29.0 Å². The third kappa shape index (κ3) is 5.60. The fourth-order valence-electron chi connectivity index (χ4n) is 3.74. The van der Waals surface area contributed by atoms with Crippen molar-refractivity contribution in [3.63, 3.8) is 0 Å². The maximum absolute atomic E-state index is 13.4. The highest BCUT2D eigenvalue weighted by Crippen LogP contribution is 2.20. The lowest BCUT2D eigenvalue weighted by atomic mass is 10.2. The number of amides is 1. The van der Waals surface area contributed by atoms with E-state index in [0.717, 1.165) is 50.5 Å². The van der Waals surface area contributed by atoms with Crippen molar-refractivity contribution < 1.29 is 9.18 Å². The van der Waals surface area contributed by atoms with Gasteiger partial charge >= 0.3 is 0 Å². The zero-order valence-corrected chi connectivity index (χ0v) is 17.9. The van der Waals surface area contributed by atoms with E-state index < -0.39 is 0 Å². The fraction of sp³-hybridized carbons (Fsp3) is 0.250. The molecule has 2 aromatic carbocycles. The summed E-state index contributed by atoms with van der Waals surface area (Å²) in [6.45, 7) is 4.32. The Hall–Kier alpha value is -2.96. The number of carbonyl (C=O) groups is 1. The van der Waals surface area contributed by atoms with Gasteiger partial charge < -0.3 is 10.2 Å². The van der Waals surface area contributed by atoms with Gasteiger partial charge in [0, 0.05) is 32.7 Å². The second-order valence-electron chi connectivity index (χ2n) is 7.59. The van der Waals surface area contributed by atoms with Crippen LogP contribution in [0.25, 0.3) is 0 Å². The van der Waals surface area contributed by atoms with E-state index in [1.165, 1.54) is 6.07 Å². The number of halogens is 2. The maximum Gasteiger partial charge on any atom is 0.257 e. The van der Waals surface area contributed by atoms with Gasteiger partial charge in [-0.3, -0.25) is 9.69 Å². The van der Waals surface area contributed by atoms with Crippen molar-refractivity contribution in [1.29, 1.82) is 0 Å². The second-order valence-corrected chi connectivity index (χ2v) is 7.99. The number of aromatic nitrogens is 1. The first-order chi connectivity index (χ1) is 15.1. The highest BCUT2D eigenvalue weighted by Gasteiger charge is 2.17. The molecule has 0 aliphatic carbocycles. The molecule has 3 aromatic rings. The first-order valence-corrected chi connectivity index (χ1v) is 10.7. The van der Waals surface area contributed by atoms with Crippen molar-refractivity contribution in [1.82, 2.24) is 9.88 Å². The van der Waals surface area contributed by atoms with Crippen LogP contribution in [-0.4, -0.2) is 42.0 Å². The van der Waals surface area contributed by atoms with Crippen LogP contribution < -0.4 is 10.2 Å². The summed E-state index contributed by atoms with van der Waals surface area (Å²) < 4.78 is 13.4. The Kier molecular flexibility index (Phi) is 6.79. The summed E-state index contributed by atoms with van der Waals surface area (Å²) in [6.07, 6.45) is 2.67. The number of nitrogens with one attached hydrogen (secondary N) is 1. The van der Waals surface area contributed by atoms with E-state index in [4.69, 9.17) is 11.6 Å². The van der Waals surface area contributed by atoms with Gasteiger partial charge in [-0.15, -0.1) is 0 Å². The molecule has 0 atom stereocenters. The van der Waals surface area contributed by atoms with Crippen molar-refractivity contribution in [2.75, 3.05) is 36.4 Å². The predicted octanol–water partition coefficient (Wildman–Crippen LogP) is 4.84. The van der Waals surface area contributed by atoms with E-state index in [9.17, 15) is 9.18 Å². The lowest BCUT2D eigenvalue weighted by Gasteiger charge is -2.23. The van der Waals surface area contributed by atoms with E-state index in [0.29, 0.717) is 16.3 Å². The molecule has 1 N–H and O–H groups in total. The zero-order valence-electron chi connectivity index (χ0n) is 17.1. The van der Waals surface area contributed by atoms with E-state index in [-0.39, 0.29) is 11.7 Å². The Morgan fingerprint density at radius 2 is 1.90 bits per heavy atom. The number of nitrogens with zero attached hydrogens (tertiary/aromatic N) is 3. The average Bonchev–Trinajstić information content (AvgIpc) is 3.00. The number of benzene rings is 2. The Labute approximate surface area is 186 Å². The lowest BCUT2D eigenvalue weighted by Crippen LogP contribution is -2.31. The normalized spacial score (nSPS) is 14.8. The molecule has 7 heteroatoms. The van der Waals surface area contributed by atoms with Crippen LogP contribution in [0.5, 0.6) is 0 Å². The van der Waals surface area contributed by atoms with Crippen molar-refractivity contribution in [3.05, 3.63) is 88.8 Å². The van der Waals surface area contributed by atoms with Crippen LogP contribution in [0.1, 0.15) is 22.3 Å².